The zero-order valence-electron chi connectivity index (χ0n) is 9.24. The van der Waals surface area contributed by atoms with Crippen molar-refractivity contribution in [3.8, 4) is 5.75 Å². The summed E-state index contributed by atoms with van der Waals surface area (Å²) in [4.78, 5) is 0. The molecular weight excluding hydrogens is 200 g/mol. The van der Waals surface area contributed by atoms with Gasteiger partial charge in [0.15, 0.2) is 0 Å². The minimum Gasteiger partial charge on any atom is -0.508 e. The van der Waals surface area contributed by atoms with E-state index in [0.717, 1.165) is 32.1 Å². The number of aromatic hydroxyl groups is 1. The normalized spacial score (nSPS) is 23.9. The number of allylic oxidation sites excluding steroid dienone is 1. The van der Waals surface area contributed by atoms with Crippen molar-refractivity contribution in [2.24, 2.45) is 0 Å². The van der Waals surface area contributed by atoms with E-state index >= 15 is 0 Å². The Morgan fingerprint density at radius 2 is 2.00 bits per heavy atom. The van der Waals surface area contributed by atoms with Crippen molar-refractivity contribution in [3.63, 3.8) is 0 Å². The molecule has 0 heterocycles. The van der Waals surface area contributed by atoms with E-state index in [4.69, 9.17) is 0 Å². The minimum absolute atomic E-state index is 0.141. The molecule has 1 aromatic carbocycles. The second kappa shape index (κ2) is 3.63. The minimum atomic E-state index is -0.141. The van der Waals surface area contributed by atoms with Crippen LogP contribution in [0.4, 0.5) is 0 Å². The van der Waals surface area contributed by atoms with Crippen LogP contribution in [0.5, 0.6) is 5.75 Å². The molecule has 16 heavy (non-hydrogen) atoms. The molecule has 2 N–H and O–H groups in total. The maximum Gasteiger partial charge on any atom is 0.115 e. The number of aliphatic hydroxyl groups excluding tert-OH is 1. The Morgan fingerprint density at radius 1 is 1.12 bits per heavy atom. The Kier molecular flexibility index (Phi) is 2.25. The Hall–Kier alpha value is -1.28. The maximum absolute atomic E-state index is 9.67. The largest absolute Gasteiger partial charge is 0.508 e. The van der Waals surface area contributed by atoms with Gasteiger partial charge in [-0.25, -0.2) is 0 Å². The first kappa shape index (κ1) is 9.91. The van der Waals surface area contributed by atoms with Crippen LogP contribution >= 0.6 is 0 Å². The smallest absolute Gasteiger partial charge is 0.115 e. The Bertz CT molecular complexity index is 460. The molecule has 84 valence electrons. The molecule has 0 aromatic heterocycles. The van der Waals surface area contributed by atoms with Crippen LogP contribution in [0.3, 0.4) is 0 Å². The van der Waals surface area contributed by atoms with E-state index < -0.39 is 0 Å². The van der Waals surface area contributed by atoms with Gasteiger partial charge in [0.05, 0.1) is 6.10 Å². The highest BCUT2D eigenvalue weighted by molar-refractivity contribution is 5.74. The number of benzene rings is 1. The number of aliphatic hydroxyl groups is 1. The summed E-state index contributed by atoms with van der Waals surface area (Å²) in [5, 5.41) is 19.1. The lowest BCUT2D eigenvalue weighted by atomic mass is 9.77. The first-order chi connectivity index (χ1) is 7.74. The van der Waals surface area contributed by atoms with Gasteiger partial charge in [-0.3, -0.25) is 0 Å². The molecule has 0 fully saturated rings. The maximum atomic E-state index is 9.67. The monoisotopic (exact) mass is 216 g/mol. The molecule has 0 bridgehead atoms. The molecule has 1 atom stereocenters. The van der Waals surface area contributed by atoms with E-state index in [9.17, 15) is 10.2 Å². The number of aryl methyl sites for hydroxylation is 1. The average Bonchev–Trinajstić information content (AvgIpc) is 2.28. The molecule has 3 rings (SSSR count). The van der Waals surface area contributed by atoms with Crippen LogP contribution < -0.4 is 0 Å². The third kappa shape index (κ3) is 1.54. The summed E-state index contributed by atoms with van der Waals surface area (Å²) >= 11 is 0. The average molecular weight is 216 g/mol. The number of phenols is 1. The molecule has 0 saturated heterocycles. The third-order valence-corrected chi connectivity index (χ3v) is 3.75. The van der Waals surface area contributed by atoms with E-state index in [1.807, 2.05) is 12.1 Å². The summed E-state index contributed by atoms with van der Waals surface area (Å²) in [6, 6.07) is 5.67. The highest BCUT2D eigenvalue weighted by Gasteiger charge is 2.24. The van der Waals surface area contributed by atoms with Crippen molar-refractivity contribution in [2.45, 2.75) is 38.2 Å². The molecule has 2 heteroatoms. The molecular formula is C14H16O2. The lowest BCUT2D eigenvalue weighted by molar-refractivity contribution is 0.160. The molecule has 1 unspecified atom stereocenters. The number of hydrogen-bond donors (Lipinski definition) is 2. The highest BCUT2D eigenvalue weighted by atomic mass is 16.3. The first-order valence-electron chi connectivity index (χ1n) is 5.95. The van der Waals surface area contributed by atoms with Gasteiger partial charge in [0.25, 0.3) is 0 Å². The molecule has 0 radical (unpaired) electrons. The van der Waals surface area contributed by atoms with Gasteiger partial charge >= 0.3 is 0 Å². The standard InChI is InChI=1S/C14H16O2/c15-11-3-5-13-9(7-11)1-2-10-8-12(16)4-6-14(10)13/h3,5,7,12,15-16H,1-2,4,6,8H2. The first-order valence-corrected chi connectivity index (χ1v) is 5.95. The fraction of sp³-hybridized carbons (Fsp3) is 0.429. The van der Waals surface area contributed by atoms with Gasteiger partial charge in [-0.05, 0) is 60.9 Å². The number of phenolic OH excluding ortho intramolecular Hbond substituents is 1. The Balaban J connectivity index is 2.07. The van der Waals surface area contributed by atoms with Crippen LogP contribution in [0.2, 0.25) is 0 Å². The van der Waals surface area contributed by atoms with Crippen molar-refractivity contribution in [2.75, 3.05) is 0 Å². The predicted molar refractivity (Wildman–Crippen MR) is 63.2 cm³/mol. The van der Waals surface area contributed by atoms with E-state index in [2.05, 4.69) is 0 Å². The molecule has 0 amide bonds. The van der Waals surface area contributed by atoms with E-state index in [1.54, 1.807) is 6.07 Å². The van der Waals surface area contributed by atoms with Gasteiger partial charge in [0.1, 0.15) is 5.75 Å². The van der Waals surface area contributed by atoms with Crippen LogP contribution in [0.1, 0.15) is 36.8 Å². The fourth-order valence-electron chi connectivity index (χ4n) is 2.94. The van der Waals surface area contributed by atoms with Crippen LogP contribution in [0, 0.1) is 0 Å². The van der Waals surface area contributed by atoms with E-state index in [-0.39, 0.29) is 6.10 Å². The predicted octanol–water partition coefficient (Wildman–Crippen LogP) is 2.64. The van der Waals surface area contributed by atoms with E-state index in [0.29, 0.717) is 5.75 Å². The molecule has 2 nitrogen and oxygen atoms in total. The number of rotatable bonds is 0. The molecule has 2 aliphatic rings. The van der Waals surface area contributed by atoms with Crippen molar-refractivity contribution in [3.05, 3.63) is 34.9 Å². The van der Waals surface area contributed by atoms with Crippen LogP contribution in [-0.2, 0) is 6.42 Å². The van der Waals surface area contributed by atoms with Crippen LogP contribution in [0.25, 0.3) is 5.57 Å². The zero-order valence-corrected chi connectivity index (χ0v) is 9.24. The SMILES string of the molecule is Oc1ccc2c(c1)CCC1=C2CCC(O)C1. The summed E-state index contributed by atoms with van der Waals surface area (Å²) in [6.45, 7) is 0. The van der Waals surface area contributed by atoms with E-state index in [1.165, 1.54) is 22.3 Å². The number of fused-ring (bicyclic) bond motifs is 2. The number of hydrogen-bond acceptors (Lipinski definition) is 2. The van der Waals surface area contributed by atoms with Gasteiger partial charge in [-0.15, -0.1) is 0 Å². The molecule has 1 aromatic rings. The van der Waals surface area contributed by atoms with Crippen molar-refractivity contribution in [1.29, 1.82) is 0 Å². The topological polar surface area (TPSA) is 40.5 Å². The van der Waals surface area contributed by atoms with Gasteiger partial charge in [0, 0.05) is 0 Å². The zero-order chi connectivity index (χ0) is 11.1. The third-order valence-electron chi connectivity index (χ3n) is 3.75. The molecule has 0 saturated carbocycles. The van der Waals surface area contributed by atoms with Gasteiger partial charge < -0.3 is 10.2 Å². The summed E-state index contributed by atoms with van der Waals surface area (Å²) in [6.07, 6.45) is 4.60. The molecule has 0 aliphatic heterocycles. The second-order valence-electron chi connectivity index (χ2n) is 4.82. The lowest BCUT2D eigenvalue weighted by Crippen LogP contribution is -2.18. The molecule has 0 spiro atoms. The second-order valence-corrected chi connectivity index (χ2v) is 4.82. The van der Waals surface area contributed by atoms with Crippen LogP contribution in [-0.4, -0.2) is 16.3 Å². The Labute approximate surface area is 95.2 Å². The van der Waals surface area contributed by atoms with Crippen LogP contribution in [0.15, 0.2) is 23.8 Å². The quantitative estimate of drug-likeness (QED) is 0.700. The molecule has 2 aliphatic carbocycles. The van der Waals surface area contributed by atoms with Crippen molar-refractivity contribution >= 4 is 5.57 Å². The van der Waals surface area contributed by atoms with Crippen molar-refractivity contribution in [1.82, 2.24) is 0 Å². The summed E-state index contributed by atoms with van der Waals surface area (Å²) in [7, 11) is 0. The Morgan fingerprint density at radius 3 is 2.88 bits per heavy atom. The van der Waals surface area contributed by atoms with Gasteiger partial charge in [0.2, 0.25) is 0 Å². The van der Waals surface area contributed by atoms with Gasteiger partial charge in [-0.1, -0.05) is 11.6 Å². The van der Waals surface area contributed by atoms with Crippen molar-refractivity contribution < 1.29 is 10.2 Å². The summed E-state index contributed by atoms with van der Waals surface area (Å²) < 4.78 is 0. The fourth-order valence-corrected chi connectivity index (χ4v) is 2.94. The van der Waals surface area contributed by atoms with Gasteiger partial charge in [-0.2, -0.15) is 0 Å². The highest BCUT2D eigenvalue weighted by Crippen LogP contribution is 2.40. The summed E-state index contributed by atoms with van der Waals surface area (Å²) in [5.74, 6) is 0.360. The summed E-state index contributed by atoms with van der Waals surface area (Å²) in [5.41, 5.74) is 5.41. The lowest BCUT2D eigenvalue weighted by Gasteiger charge is -2.29.